The van der Waals surface area contributed by atoms with Crippen LogP contribution in [0.1, 0.15) is 19.1 Å². The van der Waals surface area contributed by atoms with Crippen LogP contribution in [0, 0.1) is 3.57 Å². The van der Waals surface area contributed by atoms with Gasteiger partial charge in [0.2, 0.25) is 0 Å². The van der Waals surface area contributed by atoms with E-state index in [1.54, 1.807) is 0 Å². The molecule has 3 heterocycles. The van der Waals surface area contributed by atoms with E-state index in [1.807, 2.05) is 10.8 Å². The summed E-state index contributed by atoms with van der Waals surface area (Å²) < 4.78 is 24.1. The molecule has 10 heteroatoms. The first-order valence-corrected chi connectivity index (χ1v) is 8.68. The number of rotatable bonds is 4. The van der Waals surface area contributed by atoms with E-state index in [9.17, 15) is 4.57 Å². The Labute approximate surface area is 134 Å². The molecule has 3 atom stereocenters. The van der Waals surface area contributed by atoms with Gasteiger partial charge in [-0.05, 0) is 35.4 Å². The molecule has 1 aliphatic heterocycles. The van der Waals surface area contributed by atoms with Gasteiger partial charge in [-0.25, -0.2) is 9.97 Å². The zero-order chi connectivity index (χ0) is 15.0. The molecule has 0 radical (unpaired) electrons. The van der Waals surface area contributed by atoms with Crippen LogP contribution in [0.25, 0.3) is 11.0 Å². The normalized spacial score (nSPS) is 23.7. The van der Waals surface area contributed by atoms with Crippen LogP contribution < -0.4 is 5.73 Å². The molecule has 2 aromatic rings. The summed E-state index contributed by atoms with van der Waals surface area (Å²) in [4.78, 5) is 17.0. The Morgan fingerprint density at radius 2 is 2.38 bits per heavy atom. The lowest BCUT2D eigenvalue weighted by molar-refractivity contribution is -0.0160. The zero-order valence-corrected chi connectivity index (χ0v) is 14.1. The first kappa shape index (κ1) is 15.2. The second-order valence-corrected chi connectivity index (χ2v) is 6.69. The first-order chi connectivity index (χ1) is 10.1. The number of fused-ring (bicyclic) bond motifs is 1. The van der Waals surface area contributed by atoms with Crippen molar-refractivity contribution in [1.82, 2.24) is 14.5 Å². The maximum absolute atomic E-state index is 10.6. The molecule has 1 unspecified atom stereocenters. The Balaban J connectivity index is 1.82. The average molecular weight is 424 g/mol. The highest BCUT2D eigenvalue weighted by molar-refractivity contribution is 14.1. The average Bonchev–Trinajstić information content (AvgIpc) is 3.02. The number of hydrogen-bond donors (Lipinski definition) is 2. The quantitative estimate of drug-likeness (QED) is 0.568. The molecule has 21 heavy (non-hydrogen) atoms. The first-order valence-electron chi connectivity index (χ1n) is 6.34. The highest BCUT2D eigenvalue weighted by Crippen LogP contribution is 2.35. The van der Waals surface area contributed by atoms with Crippen LogP contribution >= 0.6 is 30.8 Å². The predicted octanol–water partition coefficient (Wildman–Crippen LogP) is 1.69. The topological polar surface area (TPSA) is 112 Å². The molecular formula is C11H14IN4O4P. The van der Waals surface area contributed by atoms with Gasteiger partial charge >= 0.3 is 8.25 Å². The van der Waals surface area contributed by atoms with Crippen molar-refractivity contribution in [3.63, 3.8) is 0 Å². The Kier molecular flexibility index (Phi) is 4.46. The molecule has 8 nitrogen and oxygen atoms in total. The van der Waals surface area contributed by atoms with E-state index in [0.717, 1.165) is 27.4 Å². The lowest BCUT2D eigenvalue weighted by Crippen LogP contribution is -2.15. The van der Waals surface area contributed by atoms with Gasteiger partial charge in [0.05, 0.1) is 18.1 Å². The van der Waals surface area contributed by atoms with Crippen LogP contribution in [0.15, 0.2) is 12.5 Å². The number of ether oxygens (including phenoxy) is 1. The van der Waals surface area contributed by atoms with E-state index in [1.165, 1.54) is 6.33 Å². The smallest absolute Gasteiger partial charge is 0.316 e. The van der Waals surface area contributed by atoms with Crippen LogP contribution in [0.4, 0.5) is 5.82 Å². The summed E-state index contributed by atoms with van der Waals surface area (Å²) in [5.41, 5.74) is 6.62. The van der Waals surface area contributed by atoms with Gasteiger partial charge in [-0.3, -0.25) is 4.57 Å². The fourth-order valence-electron chi connectivity index (χ4n) is 2.46. The van der Waals surface area contributed by atoms with Gasteiger partial charge in [0, 0.05) is 9.77 Å². The van der Waals surface area contributed by atoms with Crippen molar-refractivity contribution in [3.05, 3.63) is 16.1 Å². The van der Waals surface area contributed by atoms with Crippen molar-refractivity contribution in [2.45, 2.75) is 25.2 Å². The lowest BCUT2D eigenvalue weighted by atomic mass is 10.2. The molecule has 1 aliphatic rings. The summed E-state index contributed by atoms with van der Waals surface area (Å²) in [5, 5.41) is 0.821. The second-order valence-electron chi connectivity index (χ2n) is 4.71. The van der Waals surface area contributed by atoms with Crippen molar-refractivity contribution in [1.29, 1.82) is 0 Å². The van der Waals surface area contributed by atoms with Crippen LogP contribution in [-0.4, -0.2) is 32.1 Å². The molecule has 3 rings (SSSR count). The van der Waals surface area contributed by atoms with Gasteiger partial charge in [0.25, 0.3) is 0 Å². The van der Waals surface area contributed by atoms with E-state index in [4.69, 9.17) is 19.9 Å². The van der Waals surface area contributed by atoms with Gasteiger partial charge in [-0.15, -0.1) is 0 Å². The van der Waals surface area contributed by atoms with Crippen molar-refractivity contribution < 1.29 is 18.7 Å². The molecule has 0 aliphatic carbocycles. The maximum Gasteiger partial charge on any atom is 0.316 e. The largest absolute Gasteiger partial charge is 0.383 e. The van der Waals surface area contributed by atoms with Crippen molar-refractivity contribution in [2.24, 2.45) is 0 Å². The number of hydrogen-bond acceptors (Lipinski definition) is 6. The number of nitrogen functional groups attached to an aromatic ring is 1. The Bertz CT molecular complexity index is 694. The van der Waals surface area contributed by atoms with Crippen molar-refractivity contribution in [3.8, 4) is 0 Å². The van der Waals surface area contributed by atoms with Crippen LogP contribution in [0.3, 0.4) is 0 Å². The summed E-state index contributed by atoms with van der Waals surface area (Å²) in [5.74, 6) is 0.444. The number of nitrogens with zero attached hydrogens (tertiary/aromatic N) is 3. The van der Waals surface area contributed by atoms with Gasteiger partial charge in [-0.2, -0.15) is 0 Å². The summed E-state index contributed by atoms with van der Waals surface area (Å²) in [6.45, 7) is 0.123. The summed E-state index contributed by atoms with van der Waals surface area (Å²) in [7, 11) is -2.91. The van der Waals surface area contributed by atoms with Crippen molar-refractivity contribution >= 4 is 47.7 Å². The minimum atomic E-state index is -2.91. The standard InChI is InChI=1S/C11H14IN4O4P/c12-7-3-16(11-9(7)10(13)14-5-15-11)8-2-1-6(20-8)4-19-21(17)18/h3,5-6,8,21H,1-2,4H2,(H,17,18)(H2,13,14,15)/t6-,8+/m0/s1. The number of aromatic nitrogens is 3. The van der Waals surface area contributed by atoms with E-state index in [2.05, 4.69) is 32.6 Å². The molecule has 1 fully saturated rings. The molecule has 0 bridgehead atoms. The fraction of sp³-hybridized carbons (Fsp3) is 0.455. The van der Waals surface area contributed by atoms with E-state index < -0.39 is 8.25 Å². The molecule has 3 N–H and O–H groups in total. The Morgan fingerprint density at radius 3 is 3.14 bits per heavy atom. The third-order valence-electron chi connectivity index (χ3n) is 3.38. The van der Waals surface area contributed by atoms with Crippen LogP contribution in [0.2, 0.25) is 0 Å². The van der Waals surface area contributed by atoms with Gasteiger partial charge in [0.1, 0.15) is 24.0 Å². The van der Waals surface area contributed by atoms with Gasteiger partial charge in [-0.1, -0.05) is 0 Å². The van der Waals surface area contributed by atoms with Crippen LogP contribution in [-0.2, 0) is 13.8 Å². The maximum atomic E-state index is 10.6. The SMILES string of the molecule is Nc1ncnc2c1c(I)cn2[C@H]1CC[C@@H](CO[PH](=O)O)O1. The minimum absolute atomic E-state index is 0.123. The highest BCUT2D eigenvalue weighted by Gasteiger charge is 2.29. The van der Waals surface area contributed by atoms with Crippen molar-refractivity contribution in [2.75, 3.05) is 12.3 Å². The monoisotopic (exact) mass is 424 g/mol. The highest BCUT2D eigenvalue weighted by atomic mass is 127. The van der Waals surface area contributed by atoms with E-state index >= 15 is 0 Å². The minimum Gasteiger partial charge on any atom is -0.383 e. The van der Waals surface area contributed by atoms with E-state index in [-0.39, 0.29) is 18.9 Å². The summed E-state index contributed by atoms with van der Waals surface area (Å²) in [6, 6.07) is 0. The molecule has 0 amide bonds. The Hall–Kier alpha value is -0.740. The summed E-state index contributed by atoms with van der Waals surface area (Å²) in [6.07, 6.45) is 4.53. The number of anilines is 1. The molecule has 1 saturated heterocycles. The third-order valence-corrected chi connectivity index (χ3v) is 4.61. The Morgan fingerprint density at radius 1 is 1.57 bits per heavy atom. The second kappa shape index (κ2) is 6.17. The van der Waals surface area contributed by atoms with Gasteiger partial charge in [0.15, 0.2) is 0 Å². The fourth-order valence-corrected chi connectivity index (χ4v) is 3.61. The zero-order valence-electron chi connectivity index (χ0n) is 10.9. The molecular weight excluding hydrogens is 410 g/mol. The predicted molar refractivity (Wildman–Crippen MR) is 85.0 cm³/mol. The molecule has 0 saturated carbocycles. The molecule has 2 aromatic heterocycles. The van der Waals surface area contributed by atoms with E-state index in [0.29, 0.717) is 5.82 Å². The molecule has 114 valence electrons. The summed E-state index contributed by atoms with van der Waals surface area (Å²) >= 11 is 2.19. The molecule has 0 aromatic carbocycles. The number of halogens is 1. The van der Waals surface area contributed by atoms with Crippen LogP contribution in [0.5, 0.6) is 0 Å². The van der Waals surface area contributed by atoms with Gasteiger partial charge < -0.3 is 24.5 Å². The lowest BCUT2D eigenvalue weighted by Gasteiger charge is -2.15. The third kappa shape index (κ3) is 3.07. The number of nitrogens with two attached hydrogens (primary N) is 1. The molecule has 0 spiro atoms.